The lowest BCUT2D eigenvalue weighted by Crippen LogP contribution is -2.15. The van der Waals surface area contributed by atoms with Gasteiger partial charge in [-0.3, -0.25) is 9.88 Å². The van der Waals surface area contributed by atoms with Crippen molar-refractivity contribution < 1.29 is 0 Å². The second kappa shape index (κ2) is 8.63. The van der Waals surface area contributed by atoms with Crippen molar-refractivity contribution in [3.05, 3.63) is 133 Å². The van der Waals surface area contributed by atoms with Crippen LogP contribution in [0.1, 0.15) is 25.0 Å². The Bertz CT molecular complexity index is 1740. The smallest absolute Gasteiger partial charge is 0.138 e. The van der Waals surface area contributed by atoms with Crippen molar-refractivity contribution in [3.8, 4) is 22.3 Å². The maximum atomic E-state index is 4.61. The maximum absolute atomic E-state index is 4.61. The lowest BCUT2D eigenvalue weighted by molar-refractivity contribution is 0.661. The highest BCUT2D eigenvalue weighted by atomic mass is 15.2. The van der Waals surface area contributed by atoms with Gasteiger partial charge in [-0.05, 0) is 94.0 Å². The monoisotopic (exact) mass is 490 g/mol. The van der Waals surface area contributed by atoms with Gasteiger partial charge in [0.1, 0.15) is 11.6 Å². The first-order chi connectivity index (χ1) is 18.6. The van der Waals surface area contributed by atoms with E-state index in [9.17, 15) is 0 Å². The van der Waals surface area contributed by atoms with E-state index in [1.165, 1.54) is 38.8 Å². The number of hydrogen-bond donors (Lipinski definition) is 0. The van der Waals surface area contributed by atoms with Crippen LogP contribution >= 0.6 is 0 Å². The number of rotatable bonds is 4. The molecule has 3 heterocycles. The van der Waals surface area contributed by atoms with Crippen LogP contribution in [0.4, 0.5) is 17.3 Å². The summed E-state index contributed by atoms with van der Waals surface area (Å²) in [7, 11) is 0. The van der Waals surface area contributed by atoms with Crippen molar-refractivity contribution in [2.45, 2.75) is 19.3 Å². The Morgan fingerprint density at radius 2 is 1.21 bits per heavy atom. The highest BCUT2D eigenvalue weighted by molar-refractivity contribution is 5.92. The summed E-state index contributed by atoms with van der Waals surface area (Å²) in [6, 6.07) is 36.1. The lowest BCUT2D eigenvalue weighted by Gasteiger charge is -2.23. The molecule has 38 heavy (non-hydrogen) atoms. The molecule has 3 aromatic carbocycles. The fourth-order valence-corrected chi connectivity index (χ4v) is 5.64. The van der Waals surface area contributed by atoms with Crippen molar-refractivity contribution in [2.24, 2.45) is 0 Å². The highest BCUT2D eigenvalue weighted by Gasteiger charge is 2.36. The molecule has 7 rings (SSSR count). The Kier molecular flexibility index (Phi) is 5.08. The Balaban J connectivity index is 1.28. The number of nitrogens with zero attached hydrogens (tertiary/aromatic N) is 4. The predicted molar refractivity (Wildman–Crippen MR) is 155 cm³/mol. The van der Waals surface area contributed by atoms with Crippen LogP contribution in [0.15, 0.2) is 122 Å². The van der Waals surface area contributed by atoms with E-state index in [4.69, 9.17) is 0 Å². The van der Waals surface area contributed by atoms with E-state index in [1.54, 1.807) is 0 Å². The van der Waals surface area contributed by atoms with Gasteiger partial charge in [0.15, 0.2) is 0 Å². The second-order valence-corrected chi connectivity index (χ2v) is 10.2. The fourth-order valence-electron chi connectivity index (χ4n) is 5.64. The number of pyridine rings is 3. The van der Waals surface area contributed by atoms with Crippen molar-refractivity contribution >= 4 is 28.2 Å². The van der Waals surface area contributed by atoms with Crippen molar-refractivity contribution in [1.82, 2.24) is 15.0 Å². The van der Waals surface area contributed by atoms with Gasteiger partial charge in [0.05, 0.1) is 5.52 Å². The van der Waals surface area contributed by atoms with Gasteiger partial charge in [-0.25, -0.2) is 9.97 Å². The molecule has 0 fully saturated rings. The first kappa shape index (κ1) is 22.4. The van der Waals surface area contributed by atoms with Crippen LogP contribution in [-0.4, -0.2) is 15.0 Å². The molecule has 3 aromatic heterocycles. The van der Waals surface area contributed by atoms with Crippen LogP contribution in [0.3, 0.4) is 0 Å². The van der Waals surface area contributed by atoms with Gasteiger partial charge in [0, 0.05) is 35.1 Å². The minimum Gasteiger partial charge on any atom is -0.279 e. The minimum absolute atomic E-state index is 0.0961. The van der Waals surface area contributed by atoms with Crippen LogP contribution in [0.5, 0.6) is 0 Å². The van der Waals surface area contributed by atoms with E-state index in [0.29, 0.717) is 0 Å². The third kappa shape index (κ3) is 3.57. The first-order valence-electron chi connectivity index (χ1n) is 12.9. The zero-order chi connectivity index (χ0) is 25.7. The molecule has 1 aliphatic rings. The van der Waals surface area contributed by atoms with E-state index < -0.39 is 0 Å². The predicted octanol–water partition coefficient (Wildman–Crippen LogP) is 8.47. The molecular formula is C34H26N4. The van der Waals surface area contributed by atoms with Gasteiger partial charge in [-0.1, -0.05) is 56.3 Å². The van der Waals surface area contributed by atoms with E-state index in [1.807, 2.05) is 61.1 Å². The SMILES string of the molecule is CC1(C)c2cc(-c3ccc(N(c4ccccn4)c4ccccn4)cc3)ccc2-c2cc3cccnc3cc21. The largest absolute Gasteiger partial charge is 0.279 e. The summed E-state index contributed by atoms with van der Waals surface area (Å²) in [6.07, 6.45) is 5.49. The Hall–Kier alpha value is -4.83. The molecule has 0 N–H and O–H groups in total. The second-order valence-electron chi connectivity index (χ2n) is 10.2. The molecule has 0 spiro atoms. The molecule has 0 amide bonds. The number of benzene rings is 3. The number of fused-ring (bicyclic) bond motifs is 4. The van der Waals surface area contributed by atoms with Crippen LogP contribution < -0.4 is 4.90 Å². The van der Waals surface area contributed by atoms with Gasteiger partial charge in [0.2, 0.25) is 0 Å². The van der Waals surface area contributed by atoms with Gasteiger partial charge >= 0.3 is 0 Å². The summed E-state index contributed by atoms with van der Waals surface area (Å²) in [6.45, 7) is 4.63. The molecule has 0 bridgehead atoms. The van der Waals surface area contributed by atoms with Gasteiger partial charge in [-0.15, -0.1) is 0 Å². The van der Waals surface area contributed by atoms with E-state index in [0.717, 1.165) is 22.8 Å². The molecule has 0 atom stereocenters. The van der Waals surface area contributed by atoms with Crippen molar-refractivity contribution in [2.75, 3.05) is 4.90 Å². The van der Waals surface area contributed by atoms with Crippen molar-refractivity contribution in [1.29, 1.82) is 0 Å². The quantitative estimate of drug-likeness (QED) is 0.248. The van der Waals surface area contributed by atoms with Crippen molar-refractivity contribution in [3.63, 3.8) is 0 Å². The summed E-state index contributed by atoms with van der Waals surface area (Å²) in [4.78, 5) is 15.9. The highest BCUT2D eigenvalue weighted by Crippen LogP contribution is 2.50. The standard InChI is InChI=1S/C34H26N4/c1-34(2)29-21-24(13-16-27(29)28-20-25-8-7-19-35-31(25)22-30(28)34)23-11-14-26(15-12-23)38(32-9-3-5-17-36-32)33-10-4-6-18-37-33/h3-22H,1-2H3. The van der Waals surface area contributed by atoms with Crippen LogP contribution in [0.25, 0.3) is 33.2 Å². The lowest BCUT2D eigenvalue weighted by atomic mass is 9.81. The number of aromatic nitrogens is 3. The molecule has 1 aliphatic carbocycles. The molecule has 182 valence electrons. The number of anilines is 3. The third-order valence-corrected chi connectivity index (χ3v) is 7.61. The van der Waals surface area contributed by atoms with Crippen LogP contribution in [-0.2, 0) is 5.41 Å². The molecule has 0 saturated heterocycles. The summed E-state index contributed by atoms with van der Waals surface area (Å²) in [5.74, 6) is 1.66. The van der Waals surface area contributed by atoms with Crippen LogP contribution in [0, 0.1) is 0 Å². The maximum Gasteiger partial charge on any atom is 0.138 e. The Morgan fingerprint density at radius 3 is 1.89 bits per heavy atom. The van der Waals surface area contributed by atoms with Gasteiger partial charge in [0.25, 0.3) is 0 Å². The minimum atomic E-state index is -0.0961. The molecule has 0 unspecified atom stereocenters. The normalized spacial score (nSPS) is 13.2. The average molecular weight is 491 g/mol. The summed E-state index contributed by atoms with van der Waals surface area (Å²) < 4.78 is 0. The Labute approximate surface area is 222 Å². The zero-order valence-corrected chi connectivity index (χ0v) is 21.3. The Morgan fingerprint density at radius 1 is 0.553 bits per heavy atom. The molecule has 4 heteroatoms. The summed E-state index contributed by atoms with van der Waals surface area (Å²) in [5.41, 5.74) is 9.67. The molecule has 0 aliphatic heterocycles. The van der Waals surface area contributed by atoms with E-state index in [-0.39, 0.29) is 5.41 Å². The zero-order valence-electron chi connectivity index (χ0n) is 21.3. The topological polar surface area (TPSA) is 41.9 Å². The molecular weight excluding hydrogens is 464 g/mol. The molecule has 0 saturated carbocycles. The fraction of sp³-hybridized carbons (Fsp3) is 0.0882. The van der Waals surface area contributed by atoms with Crippen LogP contribution in [0.2, 0.25) is 0 Å². The molecule has 4 nitrogen and oxygen atoms in total. The number of hydrogen-bond acceptors (Lipinski definition) is 4. The average Bonchev–Trinajstić information content (AvgIpc) is 3.19. The summed E-state index contributed by atoms with van der Waals surface area (Å²) in [5, 5.41) is 1.18. The molecule has 0 radical (unpaired) electrons. The van der Waals surface area contributed by atoms with E-state index >= 15 is 0 Å². The molecule has 6 aromatic rings. The van der Waals surface area contributed by atoms with Gasteiger partial charge < -0.3 is 0 Å². The van der Waals surface area contributed by atoms with E-state index in [2.05, 4.69) is 94.4 Å². The van der Waals surface area contributed by atoms with Gasteiger partial charge in [-0.2, -0.15) is 0 Å². The third-order valence-electron chi connectivity index (χ3n) is 7.61. The summed E-state index contributed by atoms with van der Waals surface area (Å²) >= 11 is 0. The first-order valence-corrected chi connectivity index (χ1v) is 12.9.